The Bertz CT molecular complexity index is 612. The molecule has 2 heterocycles. The highest BCUT2D eigenvalue weighted by molar-refractivity contribution is 5.92. The molecule has 1 fully saturated rings. The van der Waals surface area contributed by atoms with Gasteiger partial charge in [-0.15, -0.1) is 0 Å². The highest BCUT2D eigenvalue weighted by Gasteiger charge is 2.22. The summed E-state index contributed by atoms with van der Waals surface area (Å²) in [5, 5.41) is 9.15. The van der Waals surface area contributed by atoms with E-state index >= 15 is 0 Å². The van der Waals surface area contributed by atoms with E-state index in [2.05, 4.69) is 0 Å². The van der Waals surface area contributed by atoms with Crippen LogP contribution in [0.1, 0.15) is 29.0 Å². The van der Waals surface area contributed by atoms with E-state index in [9.17, 15) is 4.79 Å². The van der Waals surface area contributed by atoms with Gasteiger partial charge in [0.15, 0.2) is 5.76 Å². The van der Waals surface area contributed by atoms with Gasteiger partial charge in [-0.05, 0) is 36.6 Å². The number of amides is 1. The third kappa shape index (κ3) is 2.47. The van der Waals surface area contributed by atoms with Crippen molar-refractivity contribution >= 4 is 5.91 Å². The number of carbonyl (C=O) groups is 1. The lowest BCUT2D eigenvalue weighted by Crippen LogP contribution is -2.27. The molecule has 1 N–H and O–H groups in total. The number of carbonyl (C=O) groups excluding carboxylic acids is 1. The molecular formula is C16H17NO3. The first-order valence-corrected chi connectivity index (χ1v) is 6.87. The average molecular weight is 271 g/mol. The lowest BCUT2D eigenvalue weighted by Gasteiger charge is -2.12. The summed E-state index contributed by atoms with van der Waals surface area (Å²) in [6, 6.07) is 11.0. The van der Waals surface area contributed by atoms with Crippen molar-refractivity contribution in [1.29, 1.82) is 0 Å². The summed E-state index contributed by atoms with van der Waals surface area (Å²) < 4.78 is 5.67. The first-order chi connectivity index (χ1) is 9.78. The monoisotopic (exact) mass is 271 g/mol. The number of nitrogens with zero attached hydrogens (tertiary/aromatic N) is 1. The maximum Gasteiger partial charge on any atom is 0.289 e. The summed E-state index contributed by atoms with van der Waals surface area (Å²) in [5.41, 5.74) is 1.70. The number of likely N-dealkylation sites (tertiary alicyclic amines) is 1. The Labute approximate surface area is 117 Å². The molecule has 1 amide bonds. The van der Waals surface area contributed by atoms with Crippen molar-refractivity contribution in [3.63, 3.8) is 0 Å². The van der Waals surface area contributed by atoms with Crippen LogP contribution in [0.5, 0.6) is 0 Å². The van der Waals surface area contributed by atoms with E-state index in [1.54, 1.807) is 12.1 Å². The molecule has 4 nitrogen and oxygen atoms in total. The highest BCUT2D eigenvalue weighted by atomic mass is 16.4. The molecule has 1 aromatic carbocycles. The zero-order valence-electron chi connectivity index (χ0n) is 11.2. The molecule has 0 spiro atoms. The average Bonchev–Trinajstić information content (AvgIpc) is 3.18. The second-order valence-electron chi connectivity index (χ2n) is 5.02. The molecular weight excluding hydrogens is 254 g/mol. The van der Waals surface area contributed by atoms with Crippen LogP contribution in [0.2, 0.25) is 0 Å². The number of hydrogen-bond acceptors (Lipinski definition) is 3. The molecule has 1 aliphatic heterocycles. The van der Waals surface area contributed by atoms with Gasteiger partial charge in [0.25, 0.3) is 5.91 Å². The number of hydrogen-bond donors (Lipinski definition) is 1. The molecule has 0 atom stereocenters. The largest absolute Gasteiger partial charge is 0.451 e. The zero-order valence-corrected chi connectivity index (χ0v) is 11.2. The van der Waals surface area contributed by atoms with Crippen molar-refractivity contribution in [2.75, 3.05) is 13.1 Å². The van der Waals surface area contributed by atoms with Crippen molar-refractivity contribution in [2.24, 2.45) is 0 Å². The van der Waals surface area contributed by atoms with Crippen LogP contribution in [0.25, 0.3) is 11.3 Å². The minimum absolute atomic E-state index is 0.00584. The van der Waals surface area contributed by atoms with E-state index in [0.29, 0.717) is 11.5 Å². The second-order valence-corrected chi connectivity index (χ2v) is 5.02. The molecule has 2 aromatic rings. The normalized spacial score (nSPS) is 14.8. The van der Waals surface area contributed by atoms with Crippen molar-refractivity contribution < 1.29 is 14.3 Å². The fourth-order valence-corrected chi connectivity index (χ4v) is 2.51. The maximum absolute atomic E-state index is 12.2. The summed E-state index contributed by atoms with van der Waals surface area (Å²) in [4.78, 5) is 14.0. The van der Waals surface area contributed by atoms with Gasteiger partial charge in [0.2, 0.25) is 0 Å². The molecule has 0 bridgehead atoms. The predicted molar refractivity (Wildman–Crippen MR) is 75.2 cm³/mol. The summed E-state index contributed by atoms with van der Waals surface area (Å²) in [5.74, 6) is 1.01. The Kier molecular flexibility index (Phi) is 3.56. The quantitative estimate of drug-likeness (QED) is 0.933. The van der Waals surface area contributed by atoms with Crippen molar-refractivity contribution in [1.82, 2.24) is 4.90 Å². The first kappa shape index (κ1) is 12.9. The lowest BCUT2D eigenvalue weighted by molar-refractivity contribution is 0.0762. The molecule has 4 heteroatoms. The first-order valence-electron chi connectivity index (χ1n) is 6.87. The van der Waals surface area contributed by atoms with Crippen LogP contribution in [0.3, 0.4) is 0 Å². The summed E-state index contributed by atoms with van der Waals surface area (Å²) in [7, 11) is 0. The minimum Gasteiger partial charge on any atom is -0.451 e. The van der Waals surface area contributed by atoms with E-state index in [-0.39, 0.29) is 12.5 Å². The van der Waals surface area contributed by atoms with Gasteiger partial charge in [-0.1, -0.05) is 18.2 Å². The Balaban J connectivity index is 1.83. The van der Waals surface area contributed by atoms with Gasteiger partial charge in [-0.2, -0.15) is 0 Å². The second kappa shape index (κ2) is 5.51. The van der Waals surface area contributed by atoms with Crippen molar-refractivity contribution in [3.8, 4) is 11.3 Å². The fraction of sp³-hybridized carbons (Fsp3) is 0.312. The van der Waals surface area contributed by atoms with Crippen LogP contribution in [0.15, 0.2) is 40.8 Å². The van der Waals surface area contributed by atoms with E-state index in [0.717, 1.165) is 37.1 Å². The van der Waals surface area contributed by atoms with Gasteiger partial charge >= 0.3 is 0 Å². The number of furan rings is 1. The Morgan fingerprint density at radius 3 is 2.75 bits per heavy atom. The molecule has 1 aromatic heterocycles. The van der Waals surface area contributed by atoms with Crippen LogP contribution in [0.4, 0.5) is 0 Å². The molecule has 0 unspecified atom stereocenters. The number of rotatable bonds is 3. The standard InChI is InChI=1S/C16H17NO3/c18-11-12-4-3-5-13(10-12)14-6-7-15(20-14)16(19)17-8-1-2-9-17/h3-7,10,18H,1-2,8-9,11H2. The lowest BCUT2D eigenvalue weighted by atomic mass is 10.1. The molecule has 20 heavy (non-hydrogen) atoms. The van der Waals surface area contributed by atoms with Gasteiger partial charge in [-0.25, -0.2) is 0 Å². The molecule has 0 radical (unpaired) electrons. The summed E-state index contributed by atoms with van der Waals surface area (Å²) in [6.07, 6.45) is 2.13. The highest BCUT2D eigenvalue weighted by Crippen LogP contribution is 2.24. The van der Waals surface area contributed by atoms with E-state index in [1.807, 2.05) is 29.2 Å². The molecule has 1 saturated heterocycles. The molecule has 3 rings (SSSR count). The predicted octanol–water partition coefficient (Wildman–Crippen LogP) is 2.67. The van der Waals surface area contributed by atoms with E-state index in [1.165, 1.54) is 0 Å². The molecule has 104 valence electrons. The van der Waals surface area contributed by atoms with Crippen LogP contribution in [-0.4, -0.2) is 29.0 Å². The Hall–Kier alpha value is -2.07. The van der Waals surface area contributed by atoms with Crippen LogP contribution in [-0.2, 0) is 6.61 Å². The van der Waals surface area contributed by atoms with Crippen LogP contribution >= 0.6 is 0 Å². The Morgan fingerprint density at radius 2 is 2.00 bits per heavy atom. The summed E-state index contributed by atoms with van der Waals surface area (Å²) >= 11 is 0. The molecule has 1 aliphatic rings. The van der Waals surface area contributed by atoms with Gasteiger partial charge < -0.3 is 14.4 Å². The third-order valence-electron chi connectivity index (χ3n) is 3.60. The van der Waals surface area contributed by atoms with Gasteiger partial charge in [-0.3, -0.25) is 4.79 Å². The SMILES string of the molecule is O=C(c1ccc(-c2cccc(CO)c2)o1)N1CCCC1. The van der Waals surface area contributed by atoms with Gasteiger partial charge in [0.1, 0.15) is 5.76 Å². The molecule has 0 saturated carbocycles. The topological polar surface area (TPSA) is 53.7 Å². The Morgan fingerprint density at radius 1 is 1.20 bits per heavy atom. The van der Waals surface area contributed by atoms with E-state index in [4.69, 9.17) is 9.52 Å². The van der Waals surface area contributed by atoms with Gasteiger partial charge in [0, 0.05) is 18.7 Å². The minimum atomic E-state index is -0.0351. The van der Waals surface area contributed by atoms with Crippen molar-refractivity contribution in [2.45, 2.75) is 19.4 Å². The number of aliphatic hydroxyl groups excluding tert-OH is 1. The van der Waals surface area contributed by atoms with Crippen LogP contribution in [0, 0.1) is 0 Å². The van der Waals surface area contributed by atoms with E-state index < -0.39 is 0 Å². The van der Waals surface area contributed by atoms with Crippen LogP contribution < -0.4 is 0 Å². The zero-order chi connectivity index (χ0) is 13.9. The number of benzene rings is 1. The number of aliphatic hydroxyl groups is 1. The van der Waals surface area contributed by atoms with Gasteiger partial charge in [0.05, 0.1) is 6.61 Å². The molecule has 0 aliphatic carbocycles. The maximum atomic E-state index is 12.2. The smallest absolute Gasteiger partial charge is 0.289 e. The third-order valence-corrected chi connectivity index (χ3v) is 3.60. The fourth-order valence-electron chi connectivity index (χ4n) is 2.51. The van der Waals surface area contributed by atoms with Crippen molar-refractivity contribution in [3.05, 3.63) is 47.7 Å². The summed E-state index contributed by atoms with van der Waals surface area (Å²) in [6.45, 7) is 1.62.